The molecule has 0 rings (SSSR count). The van der Waals surface area contributed by atoms with E-state index in [0.717, 1.165) is 26.1 Å². The summed E-state index contributed by atoms with van der Waals surface area (Å²) in [6.45, 7) is 5.82. The lowest BCUT2D eigenvalue weighted by Gasteiger charge is -2.16. The van der Waals surface area contributed by atoms with Crippen LogP contribution in [0.1, 0.15) is 26.7 Å². The second-order valence-corrected chi connectivity index (χ2v) is 3.64. The molecule has 0 amide bonds. The largest absolute Gasteiger partial charge is 0.385 e. The van der Waals surface area contributed by atoms with E-state index in [9.17, 15) is 0 Å². The summed E-state index contributed by atoms with van der Waals surface area (Å²) in [5, 5.41) is 0. The summed E-state index contributed by atoms with van der Waals surface area (Å²) >= 11 is 0. The fourth-order valence-corrected chi connectivity index (χ4v) is 1.01. The molecule has 0 saturated heterocycles. The quantitative estimate of drug-likeness (QED) is 0.526. The molecule has 0 fully saturated rings. The molecule has 0 saturated carbocycles. The Morgan fingerprint density at radius 3 is 1.53 bits per heavy atom. The topological polar surface area (TPSA) is 36.9 Å². The minimum Gasteiger partial charge on any atom is -0.385 e. The molecule has 0 aliphatic heterocycles. The Morgan fingerprint density at radius 1 is 0.800 bits per heavy atom. The van der Waals surface area contributed by atoms with E-state index in [1.807, 2.05) is 13.8 Å². The number of hydrogen-bond acceptors (Lipinski definition) is 4. The number of methoxy groups -OCH3 is 2. The van der Waals surface area contributed by atoms with Crippen molar-refractivity contribution in [2.24, 2.45) is 0 Å². The van der Waals surface area contributed by atoms with E-state index >= 15 is 0 Å². The molecule has 2 atom stereocenters. The maximum Gasteiger partial charge on any atom is 0.147 e. The lowest BCUT2D eigenvalue weighted by Crippen LogP contribution is -2.18. The van der Waals surface area contributed by atoms with E-state index in [0.29, 0.717) is 6.79 Å². The van der Waals surface area contributed by atoms with E-state index in [4.69, 9.17) is 18.9 Å². The average Bonchev–Trinajstić information content (AvgIpc) is 2.23. The molecule has 92 valence electrons. The van der Waals surface area contributed by atoms with E-state index in [-0.39, 0.29) is 12.2 Å². The molecule has 2 unspecified atom stereocenters. The Kier molecular flexibility index (Phi) is 10.3. The maximum atomic E-state index is 5.45. The Balaban J connectivity index is 3.27. The van der Waals surface area contributed by atoms with Crippen molar-refractivity contribution in [3.05, 3.63) is 0 Å². The highest BCUT2D eigenvalue weighted by Crippen LogP contribution is 2.01. The van der Waals surface area contributed by atoms with Crippen molar-refractivity contribution in [1.29, 1.82) is 0 Å². The molecule has 0 heterocycles. The highest BCUT2D eigenvalue weighted by atomic mass is 16.7. The van der Waals surface area contributed by atoms with E-state index in [2.05, 4.69) is 0 Å². The van der Waals surface area contributed by atoms with Gasteiger partial charge in [-0.3, -0.25) is 0 Å². The van der Waals surface area contributed by atoms with Crippen molar-refractivity contribution in [3.63, 3.8) is 0 Å². The minimum absolute atomic E-state index is 0.180. The minimum atomic E-state index is 0.180. The molecule has 0 aromatic heterocycles. The van der Waals surface area contributed by atoms with Crippen molar-refractivity contribution in [1.82, 2.24) is 0 Å². The molecule has 0 spiro atoms. The third kappa shape index (κ3) is 10.1. The summed E-state index contributed by atoms with van der Waals surface area (Å²) in [4.78, 5) is 0. The van der Waals surface area contributed by atoms with Gasteiger partial charge in [-0.15, -0.1) is 0 Å². The van der Waals surface area contributed by atoms with Crippen LogP contribution in [0.25, 0.3) is 0 Å². The molecular weight excluding hydrogens is 196 g/mol. The van der Waals surface area contributed by atoms with Crippen LogP contribution in [-0.2, 0) is 18.9 Å². The van der Waals surface area contributed by atoms with E-state index in [1.54, 1.807) is 14.2 Å². The van der Waals surface area contributed by atoms with Crippen LogP contribution in [0.4, 0.5) is 0 Å². The summed E-state index contributed by atoms with van der Waals surface area (Å²) in [7, 11) is 3.38. The van der Waals surface area contributed by atoms with Gasteiger partial charge in [-0.2, -0.15) is 0 Å². The Hall–Kier alpha value is -0.160. The van der Waals surface area contributed by atoms with Crippen LogP contribution in [0, 0.1) is 0 Å². The summed E-state index contributed by atoms with van der Waals surface area (Å²) in [5.74, 6) is 0. The van der Waals surface area contributed by atoms with Crippen LogP contribution in [0.5, 0.6) is 0 Å². The Morgan fingerprint density at radius 2 is 1.20 bits per heavy atom. The van der Waals surface area contributed by atoms with E-state index < -0.39 is 0 Å². The lowest BCUT2D eigenvalue weighted by molar-refractivity contribution is -0.117. The van der Waals surface area contributed by atoms with Gasteiger partial charge in [0.1, 0.15) is 6.79 Å². The van der Waals surface area contributed by atoms with Gasteiger partial charge in [-0.1, -0.05) is 0 Å². The first kappa shape index (κ1) is 14.8. The average molecular weight is 220 g/mol. The first-order chi connectivity index (χ1) is 7.20. The third-order valence-corrected chi connectivity index (χ3v) is 2.16. The van der Waals surface area contributed by atoms with Gasteiger partial charge in [0.15, 0.2) is 0 Å². The fraction of sp³-hybridized carbons (Fsp3) is 1.00. The van der Waals surface area contributed by atoms with Gasteiger partial charge < -0.3 is 18.9 Å². The standard InChI is InChI=1S/C11H24O4/c1-10(5-7-12-3)14-9-15-11(2)6-8-13-4/h10-11H,5-9H2,1-4H3. The van der Waals surface area contributed by atoms with Crippen molar-refractivity contribution in [2.45, 2.75) is 38.9 Å². The molecule has 4 heteroatoms. The van der Waals surface area contributed by atoms with Crippen LogP contribution in [0.3, 0.4) is 0 Å². The summed E-state index contributed by atoms with van der Waals surface area (Å²) in [6.07, 6.45) is 2.15. The first-order valence-corrected chi connectivity index (χ1v) is 5.41. The van der Waals surface area contributed by atoms with Crippen LogP contribution < -0.4 is 0 Å². The van der Waals surface area contributed by atoms with Crippen LogP contribution >= 0.6 is 0 Å². The lowest BCUT2D eigenvalue weighted by atomic mass is 10.3. The zero-order valence-corrected chi connectivity index (χ0v) is 10.3. The molecular formula is C11H24O4. The van der Waals surface area contributed by atoms with Gasteiger partial charge in [0.25, 0.3) is 0 Å². The second kappa shape index (κ2) is 10.4. The maximum absolute atomic E-state index is 5.45. The van der Waals surface area contributed by atoms with Gasteiger partial charge in [0, 0.05) is 27.4 Å². The zero-order valence-electron chi connectivity index (χ0n) is 10.3. The molecule has 0 aliphatic carbocycles. The van der Waals surface area contributed by atoms with Crippen molar-refractivity contribution in [2.75, 3.05) is 34.2 Å². The van der Waals surface area contributed by atoms with Gasteiger partial charge in [-0.25, -0.2) is 0 Å². The molecule has 4 nitrogen and oxygen atoms in total. The number of hydrogen-bond donors (Lipinski definition) is 0. The first-order valence-electron chi connectivity index (χ1n) is 5.41. The highest BCUT2D eigenvalue weighted by Gasteiger charge is 2.04. The predicted octanol–water partition coefficient (Wildman–Crippen LogP) is 1.83. The zero-order chi connectivity index (χ0) is 11.5. The van der Waals surface area contributed by atoms with Gasteiger partial charge in [0.05, 0.1) is 12.2 Å². The SMILES string of the molecule is COCCC(C)OCOC(C)CCOC. The summed E-state index contributed by atoms with van der Waals surface area (Å²) in [6, 6.07) is 0. The fourth-order valence-electron chi connectivity index (χ4n) is 1.01. The Bertz CT molecular complexity index is 116. The van der Waals surface area contributed by atoms with Gasteiger partial charge in [0.2, 0.25) is 0 Å². The van der Waals surface area contributed by atoms with Crippen LogP contribution in [0.15, 0.2) is 0 Å². The molecule has 0 aromatic rings. The van der Waals surface area contributed by atoms with Gasteiger partial charge >= 0.3 is 0 Å². The molecule has 0 N–H and O–H groups in total. The summed E-state index contributed by atoms with van der Waals surface area (Å²) in [5.41, 5.74) is 0. The van der Waals surface area contributed by atoms with Crippen LogP contribution in [0.2, 0.25) is 0 Å². The molecule has 15 heavy (non-hydrogen) atoms. The summed E-state index contributed by atoms with van der Waals surface area (Å²) < 4.78 is 20.8. The highest BCUT2D eigenvalue weighted by molar-refractivity contribution is 4.49. The van der Waals surface area contributed by atoms with Crippen LogP contribution in [-0.4, -0.2) is 46.4 Å². The molecule has 0 aliphatic rings. The predicted molar refractivity (Wildman–Crippen MR) is 58.9 cm³/mol. The normalized spacial score (nSPS) is 15.2. The van der Waals surface area contributed by atoms with E-state index in [1.165, 1.54) is 0 Å². The van der Waals surface area contributed by atoms with Crippen molar-refractivity contribution >= 4 is 0 Å². The molecule has 0 aromatic carbocycles. The Labute approximate surface area is 92.8 Å². The number of rotatable bonds is 10. The third-order valence-electron chi connectivity index (χ3n) is 2.16. The smallest absolute Gasteiger partial charge is 0.147 e. The molecule has 0 radical (unpaired) electrons. The number of ether oxygens (including phenoxy) is 4. The second-order valence-electron chi connectivity index (χ2n) is 3.64. The van der Waals surface area contributed by atoms with Crippen molar-refractivity contribution < 1.29 is 18.9 Å². The van der Waals surface area contributed by atoms with Crippen molar-refractivity contribution in [3.8, 4) is 0 Å². The molecule has 0 bridgehead atoms. The monoisotopic (exact) mass is 220 g/mol. The van der Waals surface area contributed by atoms with Gasteiger partial charge in [-0.05, 0) is 26.7 Å².